The van der Waals surface area contributed by atoms with E-state index < -0.39 is 23.1 Å². The summed E-state index contributed by atoms with van der Waals surface area (Å²) in [5.41, 5.74) is 1.03. The van der Waals surface area contributed by atoms with Crippen LogP contribution in [0.5, 0.6) is 5.75 Å². The maximum absolute atomic E-state index is 14.5. The van der Waals surface area contributed by atoms with Gasteiger partial charge in [-0.1, -0.05) is 12.1 Å². The molecule has 29 heavy (non-hydrogen) atoms. The molecule has 1 saturated carbocycles. The Labute approximate surface area is 169 Å². The molecule has 1 aromatic heterocycles. The summed E-state index contributed by atoms with van der Waals surface area (Å²) in [7, 11) is 0. The molecule has 0 bridgehead atoms. The Balaban J connectivity index is 1.36. The number of fused-ring (bicyclic) bond motifs is 1. The number of rotatable bonds is 6. The van der Waals surface area contributed by atoms with Gasteiger partial charge in [0.15, 0.2) is 11.5 Å². The minimum absolute atomic E-state index is 0.0893. The van der Waals surface area contributed by atoms with E-state index in [1.807, 2.05) is 4.90 Å². The zero-order valence-corrected chi connectivity index (χ0v) is 16.3. The topological polar surface area (TPSA) is 77.8 Å². The quantitative estimate of drug-likeness (QED) is 0.621. The Kier molecular flexibility index (Phi) is 4.60. The third kappa shape index (κ3) is 3.65. The van der Waals surface area contributed by atoms with Gasteiger partial charge in [0.1, 0.15) is 22.8 Å². The average molecular weight is 414 g/mol. The van der Waals surface area contributed by atoms with Gasteiger partial charge in [-0.3, -0.25) is 4.79 Å². The molecular weight excluding hydrogens is 395 g/mol. The molecule has 1 atom stereocenters. The molecule has 1 saturated heterocycles. The first-order valence-corrected chi connectivity index (χ1v) is 10.7. The van der Waals surface area contributed by atoms with Crippen molar-refractivity contribution >= 4 is 33.9 Å². The molecule has 6 nitrogen and oxygen atoms in total. The normalized spacial score (nSPS) is 17.1. The van der Waals surface area contributed by atoms with Gasteiger partial charge in [0, 0.05) is 30.9 Å². The zero-order valence-electron chi connectivity index (χ0n) is 15.5. The molecule has 2 fully saturated rings. The summed E-state index contributed by atoms with van der Waals surface area (Å²) in [6.07, 6.45) is 3.15. The minimum atomic E-state index is -1.83. The zero-order chi connectivity index (χ0) is 20.0. The van der Waals surface area contributed by atoms with E-state index >= 15 is 0 Å². The molecule has 1 unspecified atom stereocenters. The maximum Gasteiger partial charge on any atom is 0.328 e. The predicted octanol–water partition coefficient (Wildman–Crippen LogP) is 3.78. The van der Waals surface area contributed by atoms with Crippen molar-refractivity contribution in [1.82, 2.24) is 4.72 Å². The third-order valence-electron chi connectivity index (χ3n) is 5.07. The van der Waals surface area contributed by atoms with Crippen LogP contribution in [0.4, 0.5) is 10.1 Å². The fraction of sp³-hybridized carbons (Fsp3) is 0.286. The molecule has 1 amide bonds. The summed E-state index contributed by atoms with van der Waals surface area (Å²) in [6.45, 7) is 1.75. The van der Waals surface area contributed by atoms with Crippen LogP contribution in [0.15, 0.2) is 51.8 Å². The van der Waals surface area contributed by atoms with Crippen LogP contribution in [-0.4, -0.2) is 29.7 Å². The molecule has 0 radical (unpaired) electrons. The lowest BCUT2D eigenvalue weighted by Crippen LogP contribution is -2.36. The van der Waals surface area contributed by atoms with Gasteiger partial charge in [0.25, 0.3) is 0 Å². The summed E-state index contributed by atoms with van der Waals surface area (Å²) in [6, 6.07) is 11.4. The second-order valence-corrected chi connectivity index (χ2v) is 8.44. The number of amides is 1. The van der Waals surface area contributed by atoms with Crippen molar-refractivity contribution in [3.63, 3.8) is 0 Å². The van der Waals surface area contributed by atoms with Crippen molar-refractivity contribution in [1.29, 1.82) is 0 Å². The van der Waals surface area contributed by atoms with E-state index in [1.54, 1.807) is 30.3 Å². The summed E-state index contributed by atoms with van der Waals surface area (Å²) in [5.74, 6) is -0.723. The highest BCUT2D eigenvalue weighted by molar-refractivity contribution is 7.90. The van der Waals surface area contributed by atoms with Crippen LogP contribution in [0.3, 0.4) is 0 Å². The van der Waals surface area contributed by atoms with E-state index in [0.29, 0.717) is 16.2 Å². The van der Waals surface area contributed by atoms with E-state index in [-0.39, 0.29) is 17.3 Å². The van der Waals surface area contributed by atoms with E-state index in [1.165, 1.54) is 12.1 Å². The highest BCUT2D eigenvalue weighted by Gasteiger charge is 2.29. The van der Waals surface area contributed by atoms with Crippen molar-refractivity contribution in [2.75, 3.05) is 18.0 Å². The van der Waals surface area contributed by atoms with E-state index in [0.717, 1.165) is 38.0 Å². The van der Waals surface area contributed by atoms with Crippen molar-refractivity contribution in [3.05, 3.63) is 54.0 Å². The number of para-hydroxylation sites is 1. The van der Waals surface area contributed by atoms with Gasteiger partial charge in [-0.15, -0.1) is 0 Å². The Bertz CT molecular complexity index is 1080. The van der Waals surface area contributed by atoms with Crippen molar-refractivity contribution < 1.29 is 22.9 Å². The van der Waals surface area contributed by atoms with Crippen LogP contribution in [0.25, 0.3) is 11.0 Å². The molecule has 1 N–H and O–H groups in total. The number of nitrogens with one attached hydrogen (secondary N) is 1. The van der Waals surface area contributed by atoms with Crippen LogP contribution < -0.4 is 14.4 Å². The Morgan fingerprint density at radius 2 is 2.03 bits per heavy atom. The number of hydrogen-bond donors (Lipinski definition) is 1. The second kappa shape index (κ2) is 7.27. The minimum Gasteiger partial charge on any atom is -0.588 e. The van der Waals surface area contributed by atoms with E-state index in [9.17, 15) is 13.7 Å². The molecule has 5 rings (SSSR count). The number of carbonyl (C=O) groups is 1. The molecule has 1 aliphatic carbocycles. The first-order chi connectivity index (χ1) is 14.1. The fourth-order valence-corrected chi connectivity index (χ4v) is 4.09. The molecule has 2 aliphatic rings. The van der Waals surface area contributed by atoms with Crippen molar-refractivity contribution in [2.45, 2.75) is 30.3 Å². The van der Waals surface area contributed by atoms with Crippen molar-refractivity contribution in [3.8, 4) is 5.75 Å². The average Bonchev–Trinajstić information content (AvgIpc) is 3.35. The summed E-state index contributed by atoms with van der Waals surface area (Å²) < 4.78 is 40.9. The van der Waals surface area contributed by atoms with E-state index in [2.05, 4.69) is 4.72 Å². The van der Waals surface area contributed by atoms with Crippen LogP contribution in [-0.2, 0) is 11.4 Å². The Morgan fingerprint density at radius 3 is 2.76 bits per heavy atom. The summed E-state index contributed by atoms with van der Waals surface area (Å²) in [5, 5.41) is 0.225. The van der Waals surface area contributed by atoms with Gasteiger partial charge in [-0.05, 0) is 37.5 Å². The number of anilines is 1. The fourth-order valence-electron chi connectivity index (χ4n) is 3.21. The number of ether oxygens (including phenoxy) is 1. The number of furan rings is 1. The number of hydrogen-bond acceptors (Lipinski definition) is 5. The van der Waals surface area contributed by atoms with Crippen LogP contribution in [0.2, 0.25) is 0 Å². The predicted molar refractivity (Wildman–Crippen MR) is 107 cm³/mol. The molecular formula is C21H19FN2O4S. The first kappa shape index (κ1) is 18.3. The molecule has 2 heterocycles. The van der Waals surface area contributed by atoms with Gasteiger partial charge in [-0.2, -0.15) is 4.72 Å². The summed E-state index contributed by atoms with van der Waals surface area (Å²) >= 11 is -1.83. The van der Waals surface area contributed by atoms with Crippen LogP contribution >= 0.6 is 0 Å². The molecule has 150 valence electrons. The number of benzene rings is 2. The summed E-state index contributed by atoms with van der Waals surface area (Å²) in [4.78, 5) is 15.0. The third-order valence-corrected chi connectivity index (χ3v) is 6.18. The number of nitrogens with zero attached hydrogens (tertiary/aromatic N) is 1. The van der Waals surface area contributed by atoms with Gasteiger partial charge in [-0.25, -0.2) is 4.39 Å². The van der Waals surface area contributed by atoms with Gasteiger partial charge in [0.2, 0.25) is 4.90 Å². The van der Waals surface area contributed by atoms with Crippen LogP contribution in [0, 0.1) is 5.82 Å². The standard InChI is InChI=1S/C21H19FN2O4S/c22-16-10-13(24-8-3-9-24)11-18-15(16)12-19(28-18)21(25)23-29(26)20-5-2-1-4-17(20)27-14-6-7-14/h1-2,4-5,10-12,14H,3,6-9H2,(H,23,25). The molecule has 0 spiro atoms. The second-order valence-electron chi connectivity index (χ2n) is 7.25. The molecule has 8 heteroatoms. The highest BCUT2D eigenvalue weighted by atomic mass is 32.2. The van der Waals surface area contributed by atoms with E-state index in [4.69, 9.17) is 9.15 Å². The smallest absolute Gasteiger partial charge is 0.328 e. The lowest BCUT2D eigenvalue weighted by Gasteiger charge is -2.33. The number of carbonyl (C=O) groups excluding carboxylic acids is 1. The Morgan fingerprint density at radius 1 is 1.24 bits per heavy atom. The highest BCUT2D eigenvalue weighted by Crippen LogP contribution is 2.32. The van der Waals surface area contributed by atoms with Crippen molar-refractivity contribution in [2.24, 2.45) is 0 Å². The first-order valence-electron chi connectivity index (χ1n) is 9.55. The lowest BCUT2D eigenvalue weighted by atomic mass is 10.1. The largest absolute Gasteiger partial charge is 0.588 e. The van der Waals surface area contributed by atoms with Gasteiger partial charge >= 0.3 is 5.91 Å². The number of halogens is 1. The van der Waals surface area contributed by atoms with Gasteiger partial charge < -0.3 is 18.6 Å². The van der Waals surface area contributed by atoms with Gasteiger partial charge in [0.05, 0.1) is 11.5 Å². The lowest BCUT2D eigenvalue weighted by molar-refractivity contribution is 0.0956. The monoisotopic (exact) mass is 414 g/mol. The molecule has 1 aliphatic heterocycles. The molecule has 2 aromatic carbocycles. The Hall–Kier alpha value is -2.71. The molecule has 3 aromatic rings. The van der Waals surface area contributed by atoms with Crippen LogP contribution in [0.1, 0.15) is 29.8 Å². The SMILES string of the molecule is O=C(N[S+]([O-])c1ccccc1OC1CC1)c1cc2c(F)cc(N3CCC3)cc2o1. The maximum atomic E-state index is 14.5.